The first-order valence-electron chi connectivity index (χ1n) is 9.88. The minimum absolute atomic E-state index is 0.659. The molecule has 3 nitrogen and oxygen atoms in total. The zero-order valence-corrected chi connectivity index (χ0v) is 16.5. The molecule has 0 aromatic heterocycles. The van der Waals surface area contributed by atoms with Crippen molar-refractivity contribution >= 4 is 0 Å². The van der Waals surface area contributed by atoms with Crippen molar-refractivity contribution < 1.29 is 14.3 Å². The summed E-state index contributed by atoms with van der Waals surface area (Å²) >= 11 is 0. The van der Waals surface area contributed by atoms with Crippen LogP contribution in [0.3, 0.4) is 0 Å². The lowest BCUT2D eigenvalue weighted by molar-refractivity contribution is -0.909. The Balaban J connectivity index is 1.96. The van der Waals surface area contributed by atoms with Gasteiger partial charge >= 0.3 is 0 Å². The summed E-state index contributed by atoms with van der Waals surface area (Å²) in [5.41, 5.74) is 1.72. The third-order valence-electron chi connectivity index (χ3n) is 4.96. The number of quaternary nitrogens is 1. The van der Waals surface area contributed by atoms with Crippen molar-refractivity contribution in [2.45, 2.75) is 39.2 Å². The lowest BCUT2D eigenvalue weighted by atomic mass is 10.0. The zero-order chi connectivity index (χ0) is 18.8. The first kappa shape index (κ1) is 20.5. The predicted molar refractivity (Wildman–Crippen MR) is 108 cm³/mol. The highest BCUT2D eigenvalue weighted by Crippen LogP contribution is 2.29. The highest BCUT2D eigenvalue weighted by atomic mass is 16.5. The summed E-state index contributed by atoms with van der Waals surface area (Å²) in [6.07, 6.45) is 2.78. The average molecular weight is 357 g/mol. The highest BCUT2D eigenvalue weighted by molar-refractivity contribution is 5.40. The second-order valence-corrected chi connectivity index (χ2v) is 7.34. The van der Waals surface area contributed by atoms with E-state index in [2.05, 4.69) is 20.9 Å². The van der Waals surface area contributed by atoms with E-state index in [1.54, 1.807) is 0 Å². The summed E-state index contributed by atoms with van der Waals surface area (Å²) in [7, 11) is 2.35. The van der Waals surface area contributed by atoms with E-state index in [0.29, 0.717) is 6.61 Å². The van der Waals surface area contributed by atoms with Gasteiger partial charge in [-0.15, -0.1) is 0 Å². The molecule has 0 aliphatic carbocycles. The molecule has 142 valence electrons. The van der Waals surface area contributed by atoms with Crippen LogP contribution in [0.25, 0.3) is 0 Å². The van der Waals surface area contributed by atoms with Crippen LogP contribution in [-0.2, 0) is 0 Å². The molecule has 2 aromatic rings. The van der Waals surface area contributed by atoms with E-state index in [1.807, 2.05) is 54.6 Å². The van der Waals surface area contributed by atoms with Crippen LogP contribution in [0.5, 0.6) is 5.75 Å². The third kappa shape index (κ3) is 5.86. The molecule has 2 rings (SSSR count). The van der Waals surface area contributed by atoms with E-state index in [0.717, 1.165) is 34.3 Å². The molecule has 0 saturated carbocycles. The number of nitrogens with zero attached hydrogens (tertiary/aromatic N) is 1. The molecule has 0 heterocycles. The Morgan fingerprint density at radius 3 is 2.15 bits per heavy atom. The van der Waals surface area contributed by atoms with Crippen molar-refractivity contribution in [1.29, 1.82) is 0 Å². The molecule has 0 aliphatic heterocycles. The zero-order valence-electron chi connectivity index (χ0n) is 16.5. The SMILES string of the molecule is CCC[N+](C)(CCC)CCCOc1ccccc1C(O)c1ccccc1. The molecule has 0 radical (unpaired) electrons. The van der Waals surface area contributed by atoms with Crippen LogP contribution in [0.1, 0.15) is 50.3 Å². The summed E-state index contributed by atoms with van der Waals surface area (Å²) < 4.78 is 7.18. The molecule has 1 atom stereocenters. The van der Waals surface area contributed by atoms with Crippen molar-refractivity contribution in [1.82, 2.24) is 0 Å². The van der Waals surface area contributed by atoms with Gasteiger partial charge in [-0.3, -0.25) is 0 Å². The molecule has 1 unspecified atom stereocenters. The molecule has 1 N–H and O–H groups in total. The Morgan fingerprint density at radius 2 is 1.50 bits per heavy atom. The van der Waals surface area contributed by atoms with Crippen LogP contribution in [0, 0.1) is 0 Å². The predicted octanol–water partition coefficient (Wildman–Crippen LogP) is 4.80. The molecule has 0 saturated heterocycles. The van der Waals surface area contributed by atoms with Crippen LogP contribution >= 0.6 is 0 Å². The monoisotopic (exact) mass is 356 g/mol. The van der Waals surface area contributed by atoms with E-state index < -0.39 is 6.10 Å². The number of ether oxygens (including phenoxy) is 1. The molecular formula is C23H34NO2+. The van der Waals surface area contributed by atoms with Gasteiger partial charge in [0.15, 0.2) is 0 Å². The van der Waals surface area contributed by atoms with Crippen LogP contribution in [0.2, 0.25) is 0 Å². The Morgan fingerprint density at radius 1 is 0.885 bits per heavy atom. The molecule has 0 spiro atoms. The van der Waals surface area contributed by atoms with Crippen molar-refractivity contribution in [3.8, 4) is 5.75 Å². The van der Waals surface area contributed by atoms with E-state index in [9.17, 15) is 5.11 Å². The van der Waals surface area contributed by atoms with E-state index in [1.165, 1.54) is 25.9 Å². The summed E-state index contributed by atoms with van der Waals surface area (Å²) in [5.74, 6) is 0.782. The van der Waals surface area contributed by atoms with E-state index in [-0.39, 0.29) is 0 Å². The molecular weight excluding hydrogens is 322 g/mol. The first-order chi connectivity index (χ1) is 12.6. The van der Waals surface area contributed by atoms with Crippen molar-refractivity contribution in [3.05, 3.63) is 65.7 Å². The van der Waals surface area contributed by atoms with Gasteiger partial charge in [0.1, 0.15) is 11.9 Å². The maximum Gasteiger partial charge on any atom is 0.125 e. The van der Waals surface area contributed by atoms with Gasteiger partial charge in [0, 0.05) is 12.0 Å². The molecule has 0 bridgehead atoms. The van der Waals surface area contributed by atoms with Crippen molar-refractivity contribution in [3.63, 3.8) is 0 Å². The Kier molecular flexibility index (Phi) is 8.14. The molecule has 3 heteroatoms. The topological polar surface area (TPSA) is 29.5 Å². The molecule has 0 fully saturated rings. The summed E-state index contributed by atoms with van der Waals surface area (Å²) in [6.45, 7) is 8.76. The molecule has 0 amide bonds. The summed E-state index contributed by atoms with van der Waals surface area (Å²) in [5, 5.41) is 10.7. The molecule has 0 aliphatic rings. The third-order valence-corrected chi connectivity index (χ3v) is 4.96. The maximum absolute atomic E-state index is 10.7. The summed E-state index contributed by atoms with van der Waals surface area (Å²) in [4.78, 5) is 0. The number of rotatable bonds is 11. The summed E-state index contributed by atoms with van der Waals surface area (Å²) in [6, 6.07) is 17.6. The minimum atomic E-state index is -0.659. The highest BCUT2D eigenvalue weighted by Gasteiger charge is 2.19. The number of para-hydroxylation sites is 1. The lowest BCUT2D eigenvalue weighted by Crippen LogP contribution is -2.46. The second kappa shape index (κ2) is 10.3. The van der Waals surface area contributed by atoms with E-state index >= 15 is 0 Å². The fourth-order valence-electron chi connectivity index (χ4n) is 3.70. The number of aliphatic hydroxyl groups excluding tert-OH is 1. The Labute approximate surface area is 158 Å². The number of hydrogen-bond donors (Lipinski definition) is 1. The van der Waals surface area contributed by atoms with Gasteiger partial charge in [-0.1, -0.05) is 62.4 Å². The fraction of sp³-hybridized carbons (Fsp3) is 0.478. The van der Waals surface area contributed by atoms with Gasteiger partial charge in [-0.25, -0.2) is 0 Å². The standard InChI is InChI=1S/C23H34NO2/c1-4-16-24(3,17-5-2)18-11-19-26-22-15-10-9-14-21(22)23(25)20-12-7-6-8-13-20/h6-10,12-15,23,25H,4-5,11,16-19H2,1-3H3/q+1. The van der Waals surface area contributed by atoms with Crippen LogP contribution in [0.15, 0.2) is 54.6 Å². The van der Waals surface area contributed by atoms with Gasteiger partial charge < -0.3 is 14.3 Å². The average Bonchev–Trinajstić information content (AvgIpc) is 2.66. The first-order valence-corrected chi connectivity index (χ1v) is 9.88. The lowest BCUT2D eigenvalue weighted by Gasteiger charge is -2.34. The Hall–Kier alpha value is -1.84. The van der Waals surface area contributed by atoms with Gasteiger partial charge in [0.25, 0.3) is 0 Å². The van der Waals surface area contributed by atoms with Crippen LogP contribution in [0.4, 0.5) is 0 Å². The minimum Gasteiger partial charge on any atom is -0.493 e. The maximum atomic E-state index is 10.7. The number of aliphatic hydroxyl groups is 1. The van der Waals surface area contributed by atoms with Crippen LogP contribution in [-0.4, -0.2) is 42.9 Å². The number of benzene rings is 2. The Bertz CT molecular complexity index is 636. The van der Waals surface area contributed by atoms with E-state index in [4.69, 9.17) is 4.74 Å². The van der Waals surface area contributed by atoms with Gasteiger partial charge in [0.05, 0.1) is 33.3 Å². The van der Waals surface area contributed by atoms with Gasteiger partial charge in [-0.2, -0.15) is 0 Å². The smallest absolute Gasteiger partial charge is 0.125 e. The molecule has 2 aromatic carbocycles. The fourth-order valence-corrected chi connectivity index (χ4v) is 3.70. The van der Waals surface area contributed by atoms with Crippen molar-refractivity contribution in [2.75, 3.05) is 33.3 Å². The van der Waals surface area contributed by atoms with Gasteiger partial charge in [-0.05, 0) is 24.5 Å². The van der Waals surface area contributed by atoms with Crippen molar-refractivity contribution in [2.24, 2.45) is 0 Å². The second-order valence-electron chi connectivity index (χ2n) is 7.34. The van der Waals surface area contributed by atoms with Gasteiger partial charge in [0.2, 0.25) is 0 Å². The quantitative estimate of drug-likeness (QED) is 0.463. The van der Waals surface area contributed by atoms with Crippen LogP contribution < -0.4 is 4.74 Å². The normalized spacial score (nSPS) is 12.8. The number of hydrogen-bond acceptors (Lipinski definition) is 2. The largest absolute Gasteiger partial charge is 0.493 e. The molecule has 26 heavy (non-hydrogen) atoms.